The summed E-state index contributed by atoms with van der Waals surface area (Å²) in [4.78, 5) is 34.4. The molecule has 230 valence electrons. The lowest BCUT2D eigenvalue weighted by Crippen LogP contribution is -2.45. The zero-order chi connectivity index (χ0) is 31.0. The number of carbonyl (C=O) groups excluding carboxylic acids is 2. The van der Waals surface area contributed by atoms with Gasteiger partial charge >= 0.3 is 6.18 Å². The minimum absolute atomic E-state index is 0.0179. The monoisotopic (exact) mass is 604 g/mol. The van der Waals surface area contributed by atoms with Crippen molar-refractivity contribution in [1.29, 1.82) is 0 Å². The number of hydrogen-bond donors (Lipinski definition) is 2. The summed E-state index contributed by atoms with van der Waals surface area (Å²) in [5, 5.41) is 5.67. The number of hydrogen-bond acceptors (Lipinski definition) is 5. The minimum Gasteiger partial charge on any atom is -0.322 e. The Labute approximate surface area is 253 Å². The highest BCUT2D eigenvalue weighted by Gasteiger charge is 2.32. The normalized spacial score (nSPS) is 16.3. The van der Waals surface area contributed by atoms with Gasteiger partial charge in [0.2, 0.25) is 5.91 Å². The van der Waals surface area contributed by atoms with E-state index in [0.717, 1.165) is 74.4 Å². The number of aromatic nitrogens is 2. The van der Waals surface area contributed by atoms with E-state index >= 15 is 0 Å². The second kappa shape index (κ2) is 12.0. The van der Waals surface area contributed by atoms with Crippen LogP contribution < -0.4 is 10.6 Å². The van der Waals surface area contributed by atoms with Crippen molar-refractivity contribution >= 4 is 29.0 Å². The van der Waals surface area contributed by atoms with E-state index in [-0.39, 0.29) is 17.4 Å². The van der Waals surface area contributed by atoms with Crippen molar-refractivity contribution in [2.24, 2.45) is 5.92 Å². The van der Waals surface area contributed by atoms with Crippen LogP contribution in [0.5, 0.6) is 0 Å². The molecule has 0 unspecified atom stereocenters. The topological polar surface area (TPSA) is 82.0 Å². The van der Waals surface area contributed by atoms with Crippen molar-refractivity contribution in [3.8, 4) is 11.1 Å². The Balaban J connectivity index is 1.21. The molecule has 0 radical (unpaired) electrons. The highest BCUT2D eigenvalue weighted by molar-refractivity contribution is 6.05. The SMILES string of the molecule is CCN1CCN(Cc2cc(C(=O)Nc3ccc(C)c(-c4ccc5nc(NC(=O)C6CC6)cn5c4)c3)cc(C(F)(F)F)c2)CC1. The molecule has 2 fully saturated rings. The summed E-state index contributed by atoms with van der Waals surface area (Å²) in [6.45, 7) is 8.59. The molecule has 1 saturated carbocycles. The fourth-order valence-corrected chi connectivity index (χ4v) is 5.60. The van der Waals surface area contributed by atoms with Crippen LogP contribution in [0, 0.1) is 12.8 Å². The average molecular weight is 605 g/mol. The van der Waals surface area contributed by atoms with Gasteiger partial charge in [-0.1, -0.05) is 13.0 Å². The molecule has 1 aliphatic heterocycles. The number of nitrogens with one attached hydrogen (secondary N) is 2. The highest BCUT2D eigenvalue weighted by Crippen LogP contribution is 2.33. The lowest BCUT2D eigenvalue weighted by molar-refractivity contribution is -0.137. The molecule has 3 heterocycles. The van der Waals surface area contributed by atoms with E-state index in [2.05, 4.69) is 32.3 Å². The first-order valence-electron chi connectivity index (χ1n) is 14.9. The molecule has 0 atom stereocenters. The van der Waals surface area contributed by atoms with E-state index in [1.54, 1.807) is 18.3 Å². The van der Waals surface area contributed by atoms with E-state index in [4.69, 9.17) is 0 Å². The third kappa shape index (κ3) is 6.79. The van der Waals surface area contributed by atoms with Gasteiger partial charge in [0.1, 0.15) is 5.65 Å². The Hall–Kier alpha value is -4.22. The lowest BCUT2D eigenvalue weighted by Gasteiger charge is -2.34. The Bertz CT molecular complexity index is 1700. The van der Waals surface area contributed by atoms with Gasteiger partial charge in [0.15, 0.2) is 5.82 Å². The van der Waals surface area contributed by atoms with Crippen molar-refractivity contribution in [2.75, 3.05) is 43.4 Å². The van der Waals surface area contributed by atoms with Crippen molar-refractivity contribution in [1.82, 2.24) is 19.2 Å². The van der Waals surface area contributed by atoms with Crippen LogP contribution in [0.4, 0.5) is 24.7 Å². The molecular weight excluding hydrogens is 569 g/mol. The second-order valence-corrected chi connectivity index (χ2v) is 11.7. The van der Waals surface area contributed by atoms with Crippen molar-refractivity contribution in [2.45, 2.75) is 39.4 Å². The van der Waals surface area contributed by atoms with Crippen LogP contribution >= 0.6 is 0 Å². The number of aryl methyl sites for hydroxylation is 1. The molecule has 2 N–H and O–H groups in total. The number of piperazine rings is 1. The first kappa shape index (κ1) is 29.8. The van der Waals surface area contributed by atoms with Gasteiger partial charge < -0.3 is 19.9 Å². The van der Waals surface area contributed by atoms with Crippen LogP contribution in [0.15, 0.2) is 60.9 Å². The van der Waals surface area contributed by atoms with Crippen LogP contribution in [-0.4, -0.2) is 63.7 Å². The zero-order valence-corrected chi connectivity index (χ0v) is 24.7. The van der Waals surface area contributed by atoms with Crippen LogP contribution in [0.3, 0.4) is 0 Å². The Morgan fingerprint density at radius 3 is 2.39 bits per heavy atom. The molecule has 4 aromatic rings. The summed E-state index contributed by atoms with van der Waals surface area (Å²) in [7, 11) is 0. The Morgan fingerprint density at radius 2 is 1.68 bits per heavy atom. The third-order valence-electron chi connectivity index (χ3n) is 8.36. The number of pyridine rings is 1. The van der Waals surface area contributed by atoms with Crippen molar-refractivity contribution in [3.05, 3.63) is 83.2 Å². The zero-order valence-electron chi connectivity index (χ0n) is 24.7. The molecule has 0 bridgehead atoms. The number of imidazole rings is 1. The van der Waals surface area contributed by atoms with Gasteiger partial charge in [0, 0.05) is 56.1 Å². The number of alkyl halides is 3. The van der Waals surface area contributed by atoms with Crippen LogP contribution in [-0.2, 0) is 17.5 Å². The Kier molecular flexibility index (Phi) is 8.17. The number of fused-ring (bicyclic) bond motifs is 1. The largest absolute Gasteiger partial charge is 0.416 e. The minimum atomic E-state index is -4.57. The molecule has 2 aliphatic rings. The predicted octanol–water partition coefficient (Wildman–Crippen LogP) is 6.07. The third-order valence-corrected chi connectivity index (χ3v) is 8.36. The number of likely N-dealkylation sites (N-methyl/N-ethyl adjacent to an activating group) is 1. The first-order valence-corrected chi connectivity index (χ1v) is 14.9. The molecule has 0 spiro atoms. The number of anilines is 2. The summed E-state index contributed by atoms with van der Waals surface area (Å²) >= 11 is 0. The maximum atomic E-state index is 13.8. The molecular formula is C33H35F3N6O2. The number of carbonyl (C=O) groups is 2. The number of halogens is 3. The quantitative estimate of drug-likeness (QED) is 0.255. The van der Waals surface area contributed by atoms with E-state index < -0.39 is 17.6 Å². The standard InChI is InChI=1S/C33H35F3N6O2/c1-3-40-10-12-41(13-11-40)18-22-14-25(16-26(15-22)33(34,35)36)32(44)37-27-8-4-21(2)28(17-27)24-7-9-30-38-29(20-42(30)19-24)39-31(43)23-5-6-23/h4,7-9,14-17,19-20,23H,3,5-6,10-13,18H2,1-2H3,(H,37,44)(H,39,43). The summed E-state index contributed by atoms with van der Waals surface area (Å²) in [5.74, 6) is -0.0691. The highest BCUT2D eigenvalue weighted by atomic mass is 19.4. The predicted molar refractivity (Wildman–Crippen MR) is 164 cm³/mol. The summed E-state index contributed by atoms with van der Waals surface area (Å²) in [6.07, 6.45) is 0.884. The van der Waals surface area contributed by atoms with Gasteiger partial charge in [0.25, 0.3) is 5.91 Å². The van der Waals surface area contributed by atoms with Crippen LogP contribution in [0.2, 0.25) is 0 Å². The smallest absolute Gasteiger partial charge is 0.322 e. The van der Waals surface area contributed by atoms with E-state index in [1.807, 2.05) is 41.8 Å². The molecule has 44 heavy (non-hydrogen) atoms. The number of nitrogens with zero attached hydrogens (tertiary/aromatic N) is 4. The molecule has 2 aromatic carbocycles. The fraction of sp³-hybridized carbons (Fsp3) is 0.364. The molecule has 2 aromatic heterocycles. The van der Waals surface area contributed by atoms with Crippen LogP contribution in [0.25, 0.3) is 16.8 Å². The Morgan fingerprint density at radius 1 is 0.932 bits per heavy atom. The summed E-state index contributed by atoms with van der Waals surface area (Å²) in [6, 6.07) is 12.8. The number of rotatable bonds is 8. The van der Waals surface area contributed by atoms with Gasteiger partial charge in [-0.25, -0.2) is 4.98 Å². The first-order chi connectivity index (χ1) is 21.1. The number of benzene rings is 2. The molecule has 11 heteroatoms. The van der Waals surface area contributed by atoms with Gasteiger partial charge in [-0.05, 0) is 91.0 Å². The number of amides is 2. The lowest BCUT2D eigenvalue weighted by atomic mass is 10.0. The molecule has 6 rings (SSSR count). The summed E-state index contributed by atoms with van der Waals surface area (Å²) in [5.41, 5.74) is 3.38. The summed E-state index contributed by atoms with van der Waals surface area (Å²) < 4.78 is 43.3. The van der Waals surface area contributed by atoms with E-state index in [1.165, 1.54) is 0 Å². The maximum absolute atomic E-state index is 13.8. The van der Waals surface area contributed by atoms with Gasteiger partial charge in [-0.15, -0.1) is 0 Å². The van der Waals surface area contributed by atoms with Crippen molar-refractivity contribution in [3.63, 3.8) is 0 Å². The molecule has 2 amide bonds. The molecule has 1 aliphatic carbocycles. The van der Waals surface area contributed by atoms with Gasteiger partial charge in [-0.3, -0.25) is 14.5 Å². The van der Waals surface area contributed by atoms with E-state index in [0.29, 0.717) is 29.3 Å². The van der Waals surface area contributed by atoms with E-state index in [9.17, 15) is 22.8 Å². The molecule has 1 saturated heterocycles. The molecule has 8 nitrogen and oxygen atoms in total. The second-order valence-electron chi connectivity index (χ2n) is 11.7. The fourth-order valence-electron chi connectivity index (χ4n) is 5.60. The average Bonchev–Trinajstić information content (AvgIpc) is 3.78. The maximum Gasteiger partial charge on any atom is 0.416 e. The van der Waals surface area contributed by atoms with Crippen LogP contribution in [0.1, 0.15) is 46.8 Å². The van der Waals surface area contributed by atoms with Crippen molar-refractivity contribution < 1.29 is 22.8 Å². The van der Waals surface area contributed by atoms with Gasteiger partial charge in [0.05, 0.1) is 11.8 Å². The van der Waals surface area contributed by atoms with Gasteiger partial charge in [-0.2, -0.15) is 13.2 Å².